The summed E-state index contributed by atoms with van der Waals surface area (Å²) in [6.45, 7) is 3.85. The van der Waals surface area contributed by atoms with Gasteiger partial charge in [0.2, 0.25) is 0 Å². The van der Waals surface area contributed by atoms with Crippen molar-refractivity contribution in [2.75, 3.05) is 7.11 Å². The molecule has 0 saturated carbocycles. The highest BCUT2D eigenvalue weighted by molar-refractivity contribution is 9.10. The van der Waals surface area contributed by atoms with Crippen LogP contribution in [-0.2, 0) is 22.4 Å². The van der Waals surface area contributed by atoms with Gasteiger partial charge in [0.15, 0.2) is 5.82 Å². The largest absolute Gasteiger partial charge is 0.377 e. The molecule has 9 heteroatoms. The Morgan fingerprint density at radius 3 is 2.61 bits per heavy atom. The van der Waals surface area contributed by atoms with Crippen LogP contribution in [0.15, 0.2) is 35.3 Å². The third-order valence-electron chi connectivity index (χ3n) is 4.35. The third-order valence-corrected chi connectivity index (χ3v) is 5.63. The smallest absolute Gasteiger partial charge is 0.193 e. The molecule has 0 radical (unpaired) electrons. The standard InChI is InChI=1S/C19H19BrClN5O2/c1-11-18(20)17(12(2)28-3)14(10-22-11)8-15(27)6-13-7-16(21)19(23-9-13)26-24-4-5-25-26/h4-5,7,9-10,12H,6,8H2,1-3H3. The van der Waals surface area contributed by atoms with Crippen LogP contribution in [0.3, 0.4) is 0 Å². The van der Waals surface area contributed by atoms with Crippen molar-refractivity contribution in [3.05, 3.63) is 62.7 Å². The molecule has 0 bridgehead atoms. The van der Waals surface area contributed by atoms with Crippen molar-refractivity contribution in [1.29, 1.82) is 0 Å². The number of rotatable bonds is 7. The molecule has 0 fully saturated rings. The van der Waals surface area contributed by atoms with Gasteiger partial charge >= 0.3 is 0 Å². The molecule has 0 aromatic carbocycles. The predicted octanol–water partition coefficient (Wildman–Crippen LogP) is 3.84. The first-order valence-electron chi connectivity index (χ1n) is 8.60. The van der Waals surface area contributed by atoms with Gasteiger partial charge in [-0.25, -0.2) is 4.98 Å². The molecule has 3 aromatic rings. The molecular formula is C19H19BrClN5O2. The fourth-order valence-electron chi connectivity index (χ4n) is 2.88. The van der Waals surface area contributed by atoms with Gasteiger partial charge in [-0.2, -0.15) is 10.2 Å². The van der Waals surface area contributed by atoms with E-state index in [2.05, 4.69) is 36.1 Å². The Morgan fingerprint density at radius 2 is 1.96 bits per heavy atom. The number of pyridine rings is 2. The highest BCUT2D eigenvalue weighted by Gasteiger charge is 2.19. The van der Waals surface area contributed by atoms with Crippen molar-refractivity contribution >= 4 is 33.3 Å². The zero-order valence-electron chi connectivity index (χ0n) is 15.7. The lowest BCUT2D eigenvalue weighted by molar-refractivity contribution is -0.117. The summed E-state index contributed by atoms with van der Waals surface area (Å²) >= 11 is 9.85. The van der Waals surface area contributed by atoms with E-state index < -0.39 is 0 Å². The molecule has 0 spiro atoms. The van der Waals surface area contributed by atoms with Crippen LogP contribution in [-0.4, -0.2) is 37.9 Å². The molecule has 0 saturated heterocycles. The van der Waals surface area contributed by atoms with Gasteiger partial charge in [-0.1, -0.05) is 11.6 Å². The molecule has 0 N–H and O–H groups in total. The van der Waals surface area contributed by atoms with Gasteiger partial charge < -0.3 is 4.74 Å². The number of nitrogens with zero attached hydrogens (tertiary/aromatic N) is 5. The summed E-state index contributed by atoms with van der Waals surface area (Å²) in [4.78, 5) is 22.7. The molecule has 1 unspecified atom stereocenters. The Bertz CT molecular complexity index is 994. The van der Waals surface area contributed by atoms with E-state index in [4.69, 9.17) is 16.3 Å². The first-order chi connectivity index (χ1) is 13.4. The number of halogens is 2. The number of Topliss-reactive ketones (excluding diaryl/α,β-unsaturated/α-hetero) is 1. The van der Waals surface area contributed by atoms with Crippen molar-refractivity contribution in [3.8, 4) is 5.82 Å². The summed E-state index contributed by atoms with van der Waals surface area (Å²) in [5, 5.41) is 8.41. The van der Waals surface area contributed by atoms with Crippen molar-refractivity contribution < 1.29 is 9.53 Å². The topological polar surface area (TPSA) is 82.8 Å². The zero-order valence-corrected chi connectivity index (χ0v) is 18.0. The molecule has 3 rings (SSSR count). The summed E-state index contributed by atoms with van der Waals surface area (Å²) < 4.78 is 6.33. The molecule has 28 heavy (non-hydrogen) atoms. The zero-order chi connectivity index (χ0) is 20.3. The molecule has 0 aliphatic rings. The SMILES string of the molecule is COC(C)c1c(CC(=O)Cc2cnc(-n3nccn3)c(Cl)c2)cnc(C)c1Br. The van der Waals surface area contributed by atoms with Gasteiger partial charge in [0.1, 0.15) is 5.78 Å². The highest BCUT2D eigenvalue weighted by atomic mass is 79.9. The van der Waals surface area contributed by atoms with Crippen LogP contribution >= 0.6 is 27.5 Å². The number of aryl methyl sites for hydroxylation is 1. The van der Waals surface area contributed by atoms with Crippen molar-refractivity contribution in [1.82, 2.24) is 25.0 Å². The molecule has 0 aliphatic carbocycles. The fourth-order valence-corrected chi connectivity index (χ4v) is 3.82. The van der Waals surface area contributed by atoms with Gasteiger partial charge in [0, 0.05) is 42.4 Å². The number of hydrogen-bond acceptors (Lipinski definition) is 6. The van der Waals surface area contributed by atoms with E-state index in [0.29, 0.717) is 10.8 Å². The number of ether oxygens (including phenoxy) is 1. The summed E-state index contributed by atoms with van der Waals surface area (Å²) in [7, 11) is 1.64. The summed E-state index contributed by atoms with van der Waals surface area (Å²) in [6.07, 6.45) is 6.74. The Kier molecular flexibility index (Phi) is 6.53. The number of carbonyl (C=O) groups is 1. The number of carbonyl (C=O) groups excluding carboxylic acids is 1. The summed E-state index contributed by atoms with van der Waals surface area (Å²) in [5.74, 6) is 0.454. The van der Waals surface area contributed by atoms with Gasteiger partial charge in [0.05, 0.1) is 29.2 Å². The van der Waals surface area contributed by atoms with E-state index in [9.17, 15) is 4.79 Å². The van der Waals surface area contributed by atoms with Crippen LogP contribution in [0.25, 0.3) is 5.82 Å². The van der Waals surface area contributed by atoms with E-state index in [1.807, 2.05) is 13.8 Å². The van der Waals surface area contributed by atoms with Crippen LogP contribution in [0.1, 0.15) is 35.4 Å². The van der Waals surface area contributed by atoms with Gasteiger partial charge in [-0.15, -0.1) is 4.80 Å². The first kappa shape index (κ1) is 20.6. The second kappa shape index (κ2) is 8.89. The lowest BCUT2D eigenvalue weighted by Gasteiger charge is -2.18. The summed E-state index contributed by atoms with van der Waals surface area (Å²) in [6, 6.07) is 1.72. The second-order valence-electron chi connectivity index (χ2n) is 6.33. The highest BCUT2D eigenvalue weighted by Crippen LogP contribution is 2.31. The first-order valence-corrected chi connectivity index (χ1v) is 9.77. The van der Waals surface area contributed by atoms with Crippen LogP contribution in [0.5, 0.6) is 0 Å². The minimum atomic E-state index is -0.157. The van der Waals surface area contributed by atoms with Gasteiger partial charge in [0.25, 0.3) is 0 Å². The lowest BCUT2D eigenvalue weighted by atomic mass is 9.98. The Balaban J connectivity index is 1.78. The van der Waals surface area contributed by atoms with E-state index in [1.165, 1.54) is 4.80 Å². The van der Waals surface area contributed by atoms with Crippen LogP contribution in [0, 0.1) is 6.92 Å². The van der Waals surface area contributed by atoms with E-state index in [0.717, 1.165) is 26.9 Å². The molecule has 0 aliphatic heterocycles. The maximum atomic E-state index is 12.7. The number of aromatic nitrogens is 5. The van der Waals surface area contributed by atoms with Crippen LogP contribution in [0.4, 0.5) is 0 Å². The Labute approximate surface area is 176 Å². The van der Waals surface area contributed by atoms with Crippen LogP contribution < -0.4 is 0 Å². The van der Waals surface area contributed by atoms with Gasteiger partial charge in [-0.3, -0.25) is 9.78 Å². The molecule has 146 valence electrons. The van der Waals surface area contributed by atoms with E-state index in [1.54, 1.807) is 38.0 Å². The molecule has 0 amide bonds. The Morgan fingerprint density at radius 1 is 1.25 bits per heavy atom. The van der Waals surface area contributed by atoms with E-state index >= 15 is 0 Å². The number of hydrogen-bond donors (Lipinski definition) is 0. The predicted molar refractivity (Wildman–Crippen MR) is 109 cm³/mol. The van der Waals surface area contributed by atoms with Crippen molar-refractivity contribution in [2.45, 2.75) is 32.8 Å². The second-order valence-corrected chi connectivity index (χ2v) is 7.53. The molecule has 1 atom stereocenters. The monoisotopic (exact) mass is 463 g/mol. The minimum Gasteiger partial charge on any atom is -0.377 e. The lowest BCUT2D eigenvalue weighted by Crippen LogP contribution is -2.12. The van der Waals surface area contributed by atoms with Gasteiger partial charge in [-0.05, 0) is 47.0 Å². The van der Waals surface area contributed by atoms with E-state index in [-0.39, 0.29) is 24.7 Å². The number of ketones is 1. The van der Waals surface area contributed by atoms with Crippen molar-refractivity contribution in [2.24, 2.45) is 0 Å². The average Bonchev–Trinajstić information content (AvgIpc) is 3.19. The summed E-state index contributed by atoms with van der Waals surface area (Å²) in [5.41, 5.74) is 3.37. The van der Waals surface area contributed by atoms with Crippen molar-refractivity contribution in [3.63, 3.8) is 0 Å². The third kappa shape index (κ3) is 4.45. The fraction of sp³-hybridized carbons (Fsp3) is 0.316. The molecular weight excluding hydrogens is 446 g/mol. The molecule has 3 heterocycles. The maximum absolute atomic E-state index is 12.7. The number of methoxy groups -OCH3 is 1. The maximum Gasteiger partial charge on any atom is 0.193 e. The Hall–Kier alpha value is -2.16. The quantitative estimate of drug-likeness (QED) is 0.528. The molecule has 7 nitrogen and oxygen atoms in total. The molecule has 3 aromatic heterocycles. The van der Waals surface area contributed by atoms with Crippen LogP contribution in [0.2, 0.25) is 5.02 Å². The minimum absolute atomic E-state index is 0.0323. The average molecular weight is 465 g/mol. The normalized spacial score (nSPS) is 12.2.